The average molecular weight is 291 g/mol. The van der Waals surface area contributed by atoms with Crippen molar-refractivity contribution in [2.75, 3.05) is 12.4 Å². The summed E-state index contributed by atoms with van der Waals surface area (Å²) in [5, 5.41) is 3.93. The fraction of sp³-hybridized carbons (Fsp3) is 0.125. The second-order valence-corrected chi connectivity index (χ2v) is 4.69. The third-order valence-electron chi connectivity index (χ3n) is 3.30. The standard InChI is InChI=1S/C16H12F3NO/c1-20-13-6-7-14-11(8-13)9-15(21-14)10-2-4-12(5-3-10)16(17,18)19/h2-9,20H,1H3. The second-order valence-electron chi connectivity index (χ2n) is 4.69. The zero-order chi connectivity index (χ0) is 15.0. The Balaban J connectivity index is 2.00. The van der Waals surface area contributed by atoms with Crippen molar-refractivity contribution in [2.45, 2.75) is 6.18 Å². The van der Waals surface area contributed by atoms with Gasteiger partial charge in [-0.15, -0.1) is 0 Å². The Morgan fingerprint density at radius 1 is 0.952 bits per heavy atom. The summed E-state index contributed by atoms with van der Waals surface area (Å²) in [6, 6.07) is 12.4. The van der Waals surface area contributed by atoms with Gasteiger partial charge in [-0.3, -0.25) is 0 Å². The Kier molecular flexibility index (Phi) is 3.12. The molecule has 0 aliphatic carbocycles. The predicted molar refractivity (Wildman–Crippen MR) is 76.2 cm³/mol. The first kappa shape index (κ1) is 13.5. The summed E-state index contributed by atoms with van der Waals surface area (Å²) in [6.45, 7) is 0. The lowest BCUT2D eigenvalue weighted by Crippen LogP contribution is -2.03. The normalized spacial score (nSPS) is 11.8. The van der Waals surface area contributed by atoms with E-state index in [0.29, 0.717) is 16.9 Å². The quantitative estimate of drug-likeness (QED) is 0.705. The van der Waals surface area contributed by atoms with Crippen LogP contribution >= 0.6 is 0 Å². The summed E-state index contributed by atoms with van der Waals surface area (Å²) in [5.41, 5.74) is 1.59. The predicted octanol–water partition coefficient (Wildman–Crippen LogP) is 5.16. The summed E-state index contributed by atoms with van der Waals surface area (Å²) in [6.07, 6.45) is -4.33. The molecule has 21 heavy (non-hydrogen) atoms. The Morgan fingerprint density at radius 2 is 1.67 bits per heavy atom. The van der Waals surface area contributed by atoms with Gasteiger partial charge >= 0.3 is 6.18 Å². The van der Waals surface area contributed by atoms with E-state index in [1.807, 2.05) is 31.3 Å². The van der Waals surface area contributed by atoms with E-state index in [1.54, 1.807) is 0 Å². The van der Waals surface area contributed by atoms with E-state index in [0.717, 1.165) is 23.2 Å². The summed E-state index contributed by atoms with van der Waals surface area (Å²) < 4.78 is 43.3. The molecule has 0 unspecified atom stereocenters. The minimum atomic E-state index is -4.33. The van der Waals surface area contributed by atoms with Crippen LogP contribution in [0.1, 0.15) is 5.56 Å². The van der Waals surface area contributed by atoms with Gasteiger partial charge in [-0.25, -0.2) is 0 Å². The maximum atomic E-state index is 12.5. The summed E-state index contributed by atoms with van der Waals surface area (Å²) in [7, 11) is 1.82. The number of halogens is 3. The van der Waals surface area contributed by atoms with Crippen LogP contribution < -0.4 is 5.32 Å². The highest BCUT2D eigenvalue weighted by Gasteiger charge is 2.30. The number of nitrogens with one attached hydrogen (secondary N) is 1. The molecule has 2 aromatic carbocycles. The van der Waals surface area contributed by atoms with E-state index < -0.39 is 11.7 Å². The number of benzene rings is 2. The van der Waals surface area contributed by atoms with Gasteiger partial charge in [0, 0.05) is 23.7 Å². The second kappa shape index (κ2) is 4.84. The fourth-order valence-corrected chi connectivity index (χ4v) is 2.16. The zero-order valence-electron chi connectivity index (χ0n) is 11.2. The number of anilines is 1. The van der Waals surface area contributed by atoms with Crippen LogP contribution in [0.5, 0.6) is 0 Å². The van der Waals surface area contributed by atoms with Gasteiger partial charge in [0.2, 0.25) is 0 Å². The Hall–Kier alpha value is -2.43. The lowest BCUT2D eigenvalue weighted by Gasteiger charge is -2.06. The molecule has 0 amide bonds. The van der Waals surface area contributed by atoms with Gasteiger partial charge in [-0.1, -0.05) is 12.1 Å². The molecule has 3 aromatic rings. The molecule has 0 aliphatic heterocycles. The van der Waals surface area contributed by atoms with Gasteiger partial charge in [0.05, 0.1) is 5.56 Å². The van der Waals surface area contributed by atoms with E-state index >= 15 is 0 Å². The van der Waals surface area contributed by atoms with Crippen LogP contribution in [0.4, 0.5) is 18.9 Å². The first-order valence-electron chi connectivity index (χ1n) is 6.36. The molecule has 0 radical (unpaired) electrons. The minimum Gasteiger partial charge on any atom is -0.456 e. The van der Waals surface area contributed by atoms with Crippen LogP contribution in [0, 0.1) is 0 Å². The van der Waals surface area contributed by atoms with Gasteiger partial charge in [0.1, 0.15) is 11.3 Å². The number of rotatable bonds is 2. The lowest BCUT2D eigenvalue weighted by molar-refractivity contribution is -0.137. The average Bonchev–Trinajstić information content (AvgIpc) is 2.89. The van der Waals surface area contributed by atoms with E-state index in [-0.39, 0.29) is 0 Å². The van der Waals surface area contributed by atoms with Crippen molar-refractivity contribution in [1.82, 2.24) is 0 Å². The first-order valence-corrected chi connectivity index (χ1v) is 6.36. The summed E-state index contributed by atoms with van der Waals surface area (Å²) >= 11 is 0. The maximum Gasteiger partial charge on any atom is 0.416 e. The number of hydrogen-bond acceptors (Lipinski definition) is 2. The van der Waals surface area contributed by atoms with Crippen LogP contribution in [0.2, 0.25) is 0 Å². The van der Waals surface area contributed by atoms with E-state index in [4.69, 9.17) is 4.42 Å². The largest absolute Gasteiger partial charge is 0.456 e. The van der Waals surface area contributed by atoms with Gasteiger partial charge < -0.3 is 9.73 Å². The van der Waals surface area contributed by atoms with Gasteiger partial charge in [-0.2, -0.15) is 13.2 Å². The third-order valence-corrected chi connectivity index (χ3v) is 3.30. The zero-order valence-corrected chi connectivity index (χ0v) is 11.2. The van der Waals surface area contributed by atoms with Crippen LogP contribution in [0.15, 0.2) is 52.9 Å². The molecular formula is C16H12F3NO. The summed E-state index contributed by atoms with van der Waals surface area (Å²) in [4.78, 5) is 0. The molecule has 0 bridgehead atoms. The number of fused-ring (bicyclic) bond motifs is 1. The van der Waals surface area contributed by atoms with Crippen molar-refractivity contribution < 1.29 is 17.6 Å². The molecule has 0 spiro atoms. The molecule has 3 rings (SSSR count). The summed E-state index contributed by atoms with van der Waals surface area (Å²) in [5.74, 6) is 0.548. The maximum absolute atomic E-state index is 12.5. The molecule has 1 heterocycles. The number of hydrogen-bond donors (Lipinski definition) is 1. The lowest BCUT2D eigenvalue weighted by atomic mass is 10.1. The molecule has 5 heteroatoms. The van der Waals surface area contributed by atoms with Gasteiger partial charge in [0.25, 0.3) is 0 Å². The Morgan fingerprint density at radius 3 is 2.29 bits per heavy atom. The molecular weight excluding hydrogens is 279 g/mol. The highest BCUT2D eigenvalue weighted by Crippen LogP contribution is 2.33. The van der Waals surface area contributed by atoms with Crippen molar-refractivity contribution in [3.63, 3.8) is 0 Å². The van der Waals surface area contributed by atoms with Crippen molar-refractivity contribution in [3.8, 4) is 11.3 Å². The molecule has 0 aliphatic rings. The highest BCUT2D eigenvalue weighted by molar-refractivity contribution is 5.85. The van der Waals surface area contributed by atoms with Crippen LogP contribution in [0.3, 0.4) is 0 Å². The Bertz CT molecular complexity index is 772. The van der Waals surface area contributed by atoms with Crippen molar-refractivity contribution in [1.29, 1.82) is 0 Å². The number of furan rings is 1. The van der Waals surface area contributed by atoms with E-state index in [2.05, 4.69) is 5.32 Å². The highest BCUT2D eigenvalue weighted by atomic mass is 19.4. The van der Waals surface area contributed by atoms with E-state index in [1.165, 1.54) is 12.1 Å². The topological polar surface area (TPSA) is 25.2 Å². The van der Waals surface area contributed by atoms with Crippen molar-refractivity contribution in [3.05, 3.63) is 54.1 Å². The molecule has 0 atom stereocenters. The first-order chi connectivity index (χ1) is 9.97. The third kappa shape index (κ3) is 2.59. The molecule has 108 valence electrons. The smallest absolute Gasteiger partial charge is 0.416 e. The Labute approximate surface area is 119 Å². The number of alkyl halides is 3. The fourth-order valence-electron chi connectivity index (χ4n) is 2.16. The SMILES string of the molecule is CNc1ccc2oc(-c3ccc(C(F)(F)F)cc3)cc2c1. The minimum absolute atomic E-state index is 0.548. The van der Waals surface area contributed by atoms with Crippen LogP contribution in [-0.4, -0.2) is 7.05 Å². The molecule has 1 aromatic heterocycles. The van der Waals surface area contributed by atoms with Gasteiger partial charge in [-0.05, 0) is 36.4 Å². The van der Waals surface area contributed by atoms with Crippen LogP contribution in [0.25, 0.3) is 22.3 Å². The van der Waals surface area contributed by atoms with Crippen molar-refractivity contribution >= 4 is 16.7 Å². The van der Waals surface area contributed by atoms with Crippen molar-refractivity contribution in [2.24, 2.45) is 0 Å². The van der Waals surface area contributed by atoms with Gasteiger partial charge in [0.15, 0.2) is 0 Å². The molecule has 0 saturated heterocycles. The molecule has 2 nitrogen and oxygen atoms in total. The molecule has 0 saturated carbocycles. The van der Waals surface area contributed by atoms with E-state index in [9.17, 15) is 13.2 Å². The van der Waals surface area contributed by atoms with Crippen LogP contribution in [-0.2, 0) is 6.18 Å². The monoisotopic (exact) mass is 291 g/mol. The molecule has 0 fully saturated rings. The molecule has 1 N–H and O–H groups in total.